The first-order valence-corrected chi connectivity index (χ1v) is 7.34. The lowest BCUT2D eigenvalue weighted by molar-refractivity contribution is 0.286. The summed E-state index contributed by atoms with van der Waals surface area (Å²) in [5.41, 5.74) is -0.144. The summed E-state index contributed by atoms with van der Waals surface area (Å²) in [7, 11) is 1.87. The molecule has 0 fully saturated rings. The maximum Gasteiger partial charge on any atom is 0.249 e. The Hall–Kier alpha value is -1.16. The fourth-order valence-corrected chi connectivity index (χ4v) is 1.98. The van der Waals surface area contributed by atoms with E-state index in [2.05, 4.69) is 18.7 Å². The molecule has 0 aliphatic heterocycles. The molecule has 0 bridgehead atoms. The third-order valence-corrected chi connectivity index (χ3v) is 3.09. The van der Waals surface area contributed by atoms with Gasteiger partial charge in [0.15, 0.2) is 0 Å². The van der Waals surface area contributed by atoms with Gasteiger partial charge < -0.3 is 9.80 Å². The van der Waals surface area contributed by atoms with Gasteiger partial charge in [0.05, 0.1) is 5.69 Å². The van der Waals surface area contributed by atoms with Crippen molar-refractivity contribution in [1.82, 2.24) is 4.90 Å². The molecule has 0 atom stereocenters. The van der Waals surface area contributed by atoms with Crippen LogP contribution in [0.2, 0.25) is 0 Å². The molecule has 19 heavy (non-hydrogen) atoms. The first-order valence-electron chi connectivity index (χ1n) is 7.34. The fraction of sp³-hybridized carbons (Fsp3) is 0.733. The number of nitrogens with zero attached hydrogens (tertiary/aromatic N) is 2. The van der Waals surface area contributed by atoms with Crippen LogP contribution in [0.25, 0.3) is 0 Å². The zero-order valence-corrected chi connectivity index (χ0v) is 13.0. The van der Waals surface area contributed by atoms with Gasteiger partial charge in [-0.3, -0.25) is 9.59 Å². The van der Waals surface area contributed by atoms with E-state index in [0.717, 1.165) is 32.6 Å². The minimum Gasteiger partial charge on any atom is -0.371 e. The Balaban J connectivity index is 0.00000154. The molecule has 0 amide bonds. The largest absolute Gasteiger partial charge is 0.371 e. The topological polar surface area (TPSA) is 40.6 Å². The summed E-state index contributed by atoms with van der Waals surface area (Å²) < 4.78 is 0. The molecule has 0 N–H and O–H groups in total. The average Bonchev–Trinajstić information content (AvgIpc) is 2.45. The summed E-state index contributed by atoms with van der Waals surface area (Å²) in [4.78, 5) is 26.3. The summed E-state index contributed by atoms with van der Waals surface area (Å²) in [5.74, 6) is 0. The lowest BCUT2D eigenvalue weighted by Gasteiger charge is -2.23. The van der Waals surface area contributed by atoms with Crippen LogP contribution in [0.15, 0.2) is 15.7 Å². The number of anilines is 1. The third-order valence-electron chi connectivity index (χ3n) is 3.09. The van der Waals surface area contributed by atoms with Crippen molar-refractivity contribution in [2.24, 2.45) is 0 Å². The number of hydrogen-bond acceptors (Lipinski definition) is 4. The summed E-state index contributed by atoms with van der Waals surface area (Å²) >= 11 is 0. The molecular formula is C15H28N2O2. The van der Waals surface area contributed by atoms with Gasteiger partial charge in [0.1, 0.15) is 0 Å². The van der Waals surface area contributed by atoms with Gasteiger partial charge in [0.25, 0.3) is 0 Å². The predicted octanol–water partition coefficient (Wildman–Crippen LogP) is 1.87. The summed E-state index contributed by atoms with van der Waals surface area (Å²) in [6.45, 7) is 12.4. The monoisotopic (exact) mass is 268 g/mol. The Morgan fingerprint density at radius 3 is 2.11 bits per heavy atom. The Kier molecular flexibility index (Phi) is 9.13. The Morgan fingerprint density at radius 2 is 1.68 bits per heavy atom. The van der Waals surface area contributed by atoms with Crippen LogP contribution in [-0.2, 0) is 0 Å². The molecule has 110 valence electrons. The highest BCUT2D eigenvalue weighted by Crippen LogP contribution is 2.04. The van der Waals surface area contributed by atoms with Gasteiger partial charge in [-0.15, -0.1) is 0 Å². The first kappa shape index (κ1) is 17.8. The van der Waals surface area contributed by atoms with Crippen LogP contribution < -0.4 is 15.8 Å². The zero-order chi connectivity index (χ0) is 14.8. The summed E-state index contributed by atoms with van der Waals surface area (Å²) in [6, 6.07) is 1.42. The van der Waals surface area contributed by atoms with E-state index in [1.54, 1.807) is 0 Å². The maximum absolute atomic E-state index is 11.2. The smallest absolute Gasteiger partial charge is 0.249 e. The summed E-state index contributed by atoms with van der Waals surface area (Å²) in [5, 5.41) is 0. The van der Waals surface area contributed by atoms with Crippen LogP contribution in [0.4, 0.5) is 5.69 Å². The fourth-order valence-electron chi connectivity index (χ4n) is 1.98. The van der Waals surface area contributed by atoms with Crippen LogP contribution in [0.3, 0.4) is 0 Å². The lowest BCUT2D eigenvalue weighted by atomic mass is 10.2. The van der Waals surface area contributed by atoms with Crippen molar-refractivity contribution in [1.29, 1.82) is 0 Å². The minimum atomic E-state index is -0.368. The van der Waals surface area contributed by atoms with Gasteiger partial charge in [-0.05, 0) is 32.5 Å². The molecule has 0 heterocycles. The first-order chi connectivity index (χ1) is 9.10. The van der Waals surface area contributed by atoms with E-state index in [1.807, 2.05) is 25.8 Å². The van der Waals surface area contributed by atoms with Crippen LogP contribution in [0, 0.1) is 0 Å². The van der Waals surface area contributed by atoms with E-state index < -0.39 is 0 Å². The zero-order valence-electron chi connectivity index (χ0n) is 13.0. The highest BCUT2D eigenvalue weighted by Gasteiger charge is 2.13. The second kappa shape index (κ2) is 9.73. The number of rotatable bonds is 8. The van der Waals surface area contributed by atoms with Crippen molar-refractivity contribution in [3.05, 3.63) is 26.5 Å². The number of hydrogen-bond donors (Lipinski definition) is 0. The standard InChI is InChI=1S/C13H22N2O2.C2H6/c1-4-7-15(5-2)9-6-8-14(3)11-10-12(16)13(11)17;1-2/h10H,4-9H2,1-3H3;1-2H3. The van der Waals surface area contributed by atoms with Crippen LogP contribution in [0.1, 0.15) is 40.5 Å². The lowest BCUT2D eigenvalue weighted by Crippen LogP contribution is -2.38. The van der Waals surface area contributed by atoms with Gasteiger partial charge in [-0.1, -0.05) is 27.7 Å². The van der Waals surface area contributed by atoms with Crippen LogP contribution in [-0.4, -0.2) is 38.1 Å². The van der Waals surface area contributed by atoms with Crippen molar-refractivity contribution in [2.75, 3.05) is 38.1 Å². The van der Waals surface area contributed by atoms with Gasteiger partial charge in [0, 0.05) is 19.7 Å². The van der Waals surface area contributed by atoms with Crippen molar-refractivity contribution in [2.45, 2.75) is 40.5 Å². The molecule has 0 saturated carbocycles. The molecule has 4 nitrogen and oxygen atoms in total. The molecule has 0 aliphatic carbocycles. The predicted molar refractivity (Wildman–Crippen MR) is 83.0 cm³/mol. The molecule has 1 rings (SSSR count). The van der Waals surface area contributed by atoms with E-state index in [4.69, 9.17) is 0 Å². The molecule has 0 radical (unpaired) electrons. The average molecular weight is 268 g/mol. The minimum absolute atomic E-state index is 0.339. The molecule has 0 spiro atoms. The molecule has 0 saturated heterocycles. The Labute approximate surface area is 116 Å². The molecule has 0 aromatic heterocycles. The molecule has 4 heteroatoms. The highest BCUT2D eigenvalue weighted by molar-refractivity contribution is 5.49. The second-order valence-electron chi connectivity index (χ2n) is 4.43. The van der Waals surface area contributed by atoms with E-state index in [9.17, 15) is 9.59 Å². The molecule has 1 aromatic carbocycles. The SMILES string of the molecule is CC.CCCN(CC)CCCN(C)c1cc(=O)c1=O. The van der Waals surface area contributed by atoms with E-state index in [-0.39, 0.29) is 10.9 Å². The second-order valence-corrected chi connectivity index (χ2v) is 4.43. The van der Waals surface area contributed by atoms with Gasteiger partial charge in [-0.2, -0.15) is 0 Å². The summed E-state index contributed by atoms with van der Waals surface area (Å²) in [6.07, 6.45) is 2.19. The third kappa shape index (κ3) is 5.55. The van der Waals surface area contributed by atoms with E-state index in [0.29, 0.717) is 5.69 Å². The van der Waals surface area contributed by atoms with E-state index in [1.165, 1.54) is 12.5 Å². The quantitative estimate of drug-likeness (QED) is 0.675. The molecule has 0 unspecified atom stereocenters. The molecular weight excluding hydrogens is 240 g/mol. The highest BCUT2D eigenvalue weighted by atomic mass is 16.2. The Morgan fingerprint density at radius 1 is 1.05 bits per heavy atom. The molecule has 1 aromatic rings. The van der Waals surface area contributed by atoms with Crippen LogP contribution in [0.5, 0.6) is 0 Å². The molecule has 0 aliphatic rings. The van der Waals surface area contributed by atoms with Crippen molar-refractivity contribution in [3.63, 3.8) is 0 Å². The normalized spacial score (nSPS) is 10.4. The van der Waals surface area contributed by atoms with Gasteiger partial charge >= 0.3 is 0 Å². The van der Waals surface area contributed by atoms with Gasteiger partial charge in [0.2, 0.25) is 10.9 Å². The van der Waals surface area contributed by atoms with Gasteiger partial charge in [-0.25, -0.2) is 0 Å². The van der Waals surface area contributed by atoms with Crippen LogP contribution >= 0.6 is 0 Å². The van der Waals surface area contributed by atoms with Crippen molar-refractivity contribution in [3.8, 4) is 0 Å². The van der Waals surface area contributed by atoms with Crippen molar-refractivity contribution < 1.29 is 0 Å². The van der Waals surface area contributed by atoms with E-state index >= 15 is 0 Å². The van der Waals surface area contributed by atoms with Crippen molar-refractivity contribution >= 4 is 5.69 Å². The Bertz CT molecular complexity index is 408. The maximum atomic E-state index is 11.2.